The number of aromatic nitrogens is 1. The maximum absolute atomic E-state index is 5.94. The molecule has 0 aliphatic heterocycles. The zero-order chi connectivity index (χ0) is 12.1. The van der Waals surface area contributed by atoms with Crippen molar-refractivity contribution in [2.45, 2.75) is 19.5 Å². The Bertz CT molecular complexity index is 471. The molecule has 0 aliphatic carbocycles. The predicted octanol–water partition coefficient (Wildman–Crippen LogP) is 3.59. The molecule has 0 saturated heterocycles. The topological polar surface area (TPSA) is 24.9 Å². The van der Waals surface area contributed by atoms with Crippen LogP contribution in [0.4, 0.5) is 0 Å². The van der Waals surface area contributed by atoms with Crippen molar-refractivity contribution < 1.29 is 0 Å². The largest absolute Gasteiger partial charge is 0.305 e. The molecule has 2 rings (SSSR count). The zero-order valence-electron chi connectivity index (χ0n) is 9.73. The molecular weight excluding hydrogens is 232 g/mol. The lowest BCUT2D eigenvalue weighted by atomic mass is 10.2. The molecule has 1 atom stereocenters. The Morgan fingerprint density at radius 2 is 2.00 bits per heavy atom. The monoisotopic (exact) mass is 246 g/mol. The predicted molar refractivity (Wildman–Crippen MR) is 70.9 cm³/mol. The van der Waals surface area contributed by atoms with Gasteiger partial charge in [0.15, 0.2) is 0 Å². The van der Waals surface area contributed by atoms with Crippen molar-refractivity contribution in [3.05, 3.63) is 64.9 Å². The molecule has 88 valence electrons. The van der Waals surface area contributed by atoms with Gasteiger partial charge in [0, 0.05) is 23.8 Å². The van der Waals surface area contributed by atoms with E-state index in [0.29, 0.717) is 0 Å². The fourth-order valence-corrected chi connectivity index (χ4v) is 1.80. The Morgan fingerprint density at radius 3 is 2.71 bits per heavy atom. The number of nitrogens with zero attached hydrogens (tertiary/aromatic N) is 1. The van der Waals surface area contributed by atoms with E-state index in [-0.39, 0.29) is 6.04 Å². The fraction of sp³-hybridized carbons (Fsp3) is 0.214. The number of nitrogens with one attached hydrogen (secondary N) is 1. The summed E-state index contributed by atoms with van der Waals surface area (Å²) in [6.45, 7) is 2.91. The lowest BCUT2D eigenvalue weighted by molar-refractivity contribution is 0.561. The molecular formula is C14H15ClN2. The van der Waals surface area contributed by atoms with Crippen molar-refractivity contribution in [2.24, 2.45) is 0 Å². The minimum atomic E-state index is 0.189. The van der Waals surface area contributed by atoms with E-state index in [9.17, 15) is 0 Å². The lowest BCUT2D eigenvalue weighted by Crippen LogP contribution is -2.18. The molecule has 1 heterocycles. The van der Waals surface area contributed by atoms with Crippen LogP contribution in [0.2, 0.25) is 5.02 Å². The van der Waals surface area contributed by atoms with Crippen LogP contribution in [0.5, 0.6) is 0 Å². The van der Waals surface area contributed by atoms with E-state index in [1.165, 1.54) is 5.56 Å². The molecule has 17 heavy (non-hydrogen) atoms. The Kier molecular flexibility index (Phi) is 4.13. The van der Waals surface area contributed by atoms with E-state index >= 15 is 0 Å². The molecule has 1 unspecified atom stereocenters. The summed E-state index contributed by atoms with van der Waals surface area (Å²) >= 11 is 5.94. The molecule has 0 radical (unpaired) electrons. The second-order valence-electron chi connectivity index (χ2n) is 3.99. The van der Waals surface area contributed by atoms with Gasteiger partial charge in [0.2, 0.25) is 0 Å². The summed E-state index contributed by atoms with van der Waals surface area (Å²) in [5.41, 5.74) is 2.23. The standard InChI is InChI=1S/C14H15ClN2/c1-11(14-9-13(15)7-8-16-14)17-10-12-5-3-2-4-6-12/h2-9,11,17H,10H2,1H3. The number of halogens is 1. The highest BCUT2D eigenvalue weighted by Crippen LogP contribution is 2.15. The molecule has 1 aromatic carbocycles. The summed E-state index contributed by atoms with van der Waals surface area (Å²) in [5, 5.41) is 4.15. The second-order valence-corrected chi connectivity index (χ2v) is 4.42. The molecule has 0 fully saturated rings. The van der Waals surface area contributed by atoms with Gasteiger partial charge in [-0.15, -0.1) is 0 Å². The van der Waals surface area contributed by atoms with E-state index in [2.05, 4.69) is 29.4 Å². The Labute approximate surface area is 107 Å². The van der Waals surface area contributed by atoms with Crippen molar-refractivity contribution in [3.63, 3.8) is 0 Å². The van der Waals surface area contributed by atoms with Gasteiger partial charge in [-0.2, -0.15) is 0 Å². The van der Waals surface area contributed by atoms with Gasteiger partial charge in [0.05, 0.1) is 5.69 Å². The van der Waals surface area contributed by atoms with Gasteiger partial charge in [-0.05, 0) is 24.6 Å². The average Bonchev–Trinajstić information content (AvgIpc) is 2.37. The van der Waals surface area contributed by atoms with Crippen molar-refractivity contribution in [1.29, 1.82) is 0 Å². The third-order valence-electron chi connectivity index (χ3n) is 2.64. The van der Waals surface area contributed by atoms with Crippen molar-refractivity contribution in [2.75, 3.05) is 0 Å². The van der Waals surface area contributed by atoms with Crippen molar-refractivity contribution in [1.82, 2.24) is 10.3 Å². The summed E-state index contributed by atoms with van der Waals surface area (Å²) in [7, 11) is 0. The van der Waals surface area contributed by atoms with Crippen LogP contribution in [-0.2, 0) is 6.54 Å². The molecule has 1 N–H and O–H groups in total. The zero-order valence-corrected chi connectivity index (χ0v) is 10.5. The van der Waals surface area contributed by atoms with Crippen LogP contribution in [0.1, 0.15) is 24.2 Å². The Hall–Kier alpha value is -1.38. The van der Waals surface area contributed by atoms with Crippen LogP contribution in [0.3, 0.4) is 0 Å². The highest BCUT2D eigenvalue weighted by Gasteiger charge is 2.06. The smallest absolute Gasteiger partial charge is 0.0585 e. The molecule has 0 spiro atoms. The molecule has 3 heteroatoms. The number of hydrogen-bond donors (Lipinski definition) is 1. The average molecular weight is 247 g/mol. The number of rotatable bonds is 4. The minimum Gasteiger partial charge on any atom is -0.305 e. The fourth-order valence-electron chi connectivity index (χ4n) is 1.63. The Balaban J connectivity index is 1.96. The third-order valence-corrected chi connectivity index (χ3v) is 2.88. The van der Waals surface area contributed by atoms with Gasteiger partial charge in [0.1, 0.15) is 0 Å². The summed E-state index contributed by atoms with van der Waals surface area (Å²) in [6, 6.07) is 14.2. The van der Waals surface area contributed by atoms with Gasteiger partial charge < -0.3 is 5.32 Å². The van der Waals surface area contributed by atoms with Crippen LogP contribution in [0, 0.1) is 0 Å². The highest BCUT2D eigenvalue weighted by molar-refractivity contribution is 6.30. The molecule has 0 bridgehead atoms. The highest BCUT2D eigenvalue weighted by atomic mass is 35.5. The second kappa shape index (κ2) is 5.80. The van der Waals surface area contributed by atoms with E-state index in [0.717, 1.165) is 17.3 Å². The van der Waals surface area contributed by atoms with Gasteiger partial charge >= 0.3 is 0 Å². The maximum atomic E-state index is 5.94. The molecule has 2 nitrogen and oxygen atoms in total. The summed E-state index contributed by atoms with van der Waals surface area (Å²) in [4.78, 5) is 4.30. The van der Waals surface area contributed by atoms with E-state index in [4.69, 9.17) is 11.6 Å². The van der Waals surface area contributed by atoms with Crippen LogP contribution < -0.4 is 5.32 Å². The van der Waals surface area contributed by atoms with Crippen molar-refractivity contribution in [3.8, 4) is 0 Å². The summed E-state index contributed by atoms with van der Waals surface area (Å²) in [6.07, 6.45) is 1.73. The molecule has 0 aliphatic rings. The van der Waals surface area contributed by atoms with Gasteiger partial charge in [-0.3, -0.25) is 4.98 Å². The quantitative estimate of drug-likeness (QED) is 0.892. The van der Waals surface area contributed by atoms with Gasteiger partial charge in [-0.1, -0.05) is 41.9 Å². The molecule has 2 aromatic rings. The molecule has 0 saturated carbocycles. The first-order chi connectivity index (χ1) is 8.25. The van der Waals surface area contributed by atoms with Gasteiger partial charge in [-0.25, -0.2) is 0 Å². The van der Waals surface area contributed by atoms with Crippen LogP contribution in [0.15, 0.2) is 48.7 Å². The van der Waals surface area contributed by atoms with Crippen LogP contribution in [-0.4, -0.2) is 4.98 Å². The van der Waals surface area contributed by atoms with Crippen molar-refractivity contribution >= 4 is 11.6 Å². The third kappa shape index (κ3) is 3.55. The molecule has 0 amide bonds. The van der Waals surface area contributed by atoms with E-state index in [1.54, 1.807) is 12.3 Å². The summed E-state index contributed by atoms with van der Waals surface area (Å²) < 4.78 is 0. The molecule has 1 aromatic heterocycles. The number of pyridine rings is 1. The van der Waals surface area contributed by atoms with Crippen LogP contribution in [0.25, 0.3) is 0 Å². The first kappa shape index (κ1) is 12.1. The minimum absolute atomic E-state index is 0.189. The van der Waals surface area contributed by atoms with E-state index in [1.807, 2.05) is 24.3 Å². The number of benzene rings is 1. The Morgan fingerprint density at radius 1 is 1.24 bits per heavy atom. The van der Waals surface area contributed by atoms with Gasteiger partial charge in [0.25, 0.3) is 0 Å². The summed E-state index contributed by atoms with van der Waals surface area (Å²) in [5.74, 6) is 0. The maximum Gasteiger partial charge on any atom is 0.0585 e. The lowest BCUT2D eigenvalue weighted by Gasteiger charge is -2.13. The van der Waals surface area contributed by atoms with Crippen LogP contribution >= 0.6 is 11.6 Å². The van der Waals surface area contributed by atoms with E-state index < -0.39 is 0 Å². The SMILES string of the molecule is CC(NCc1ccccc1)c1cc(Cl)ccn1. The normalized spacial score (nSPS) is 12.4. The number of hydrogen-bond acceptors (Lipinski definition) is 2. The first-order valence-electron chi connectivity index (χ1n) is 5.64. The first-order valence-corrected chi connectivity index (χ1v) is 6.02.